The van der Waals surface area contributed by atoms with Crippen molar-refractivity contribution in [2.45, 2.75) is 52.0 Å². The monoisotopic (exact) mass is 227 g/mol. The second-order valence-electron chi connectivity index (χ2n) is 4.77. The van der Waals surface area contributed by atoms with Crippen LogP contribution in [0.4, 0.5) is 0 Å². The lowest BCUT2D eigenvalue weighted by atomic mass is 9.82. The molecule has 1 fully saturated rings. The van der Waals surface area contributed by atoms with Crippen LogP contribution in [0.3, 0.4) is 0 Å². The Labute approximate surface area is 96.4 Å². The minimum Gasteiger partial charge on any atom is -0.480 e. The van der Waals surface area contributed by atoms with Crippen molar-refractivity contribution in [1.29, 1.82) is 0 Å². The largest absolute Gasteiger partial charge is 0.480 e. The van der Waals surface area contributed by atoms with Crippen molar-refractivity contribution in [2.24, 2.45) is 11.8 Å². The molecule has 2 atom stereocenters. The number of hydrogen-bond donors (Lipinski definition) is 2. The Morgan fingerprint density at radius 3 is 2.44 bits per heavy atom. The van der Waals surface area contributed by atoms with Crippen LogP contribution in [0.5, 0.6) is 0 Å². The molecule has 0 aromatic carbocycles. The summed E-state index contributed by atoms with van der Waals surface area (Å²) in [5.74, 6) is -0.595. The average Bonchev–Trinajstić information content (AvgIpc) is 2.18. The first-order chi connectivity index (χ1) is 7.54. The number of carbonyl (C=O) groups excluding carboxylic acids is 1. The third-order valence-electron chi connectivity index (χ3n) is 3.49. The number of hydrogen-bond acceptors (Lipinski definition) is 2. The second-order valence-corrected chi connectivity index (χ2v) is 4.77. The van der Waals surface area contributed by atoms with Crippen molar-refractivity contribution in [1.82, 2.24) is 5.32 Å². The minimum absolute atomic E-state index is 0.0251. The van der Waals surface area contributed by atoms with Gasteiger partial charge in [-0.25, -0.2) is 4.79 Å². The van der Waals surface area contributed by atoms with E-state index in [4.69, 9.17) is 5.11 Å². The molecule has 16 heavy (non-hydrogen) atoms. The molecule has 2 N–H and O–H groups in total. The second kappa shape index (κ2) is 5.87. The molecule has 2 unspecified atom stereocenters. The molecule has 0 aliphatic heterocycles. The van der Waals surface area contributed by atoms with Crippen LogP contribution in [0.25, 0.3) is 0 Å². The highest BCUT2D eigenvalue weighted by Crippen LogP contribution is 2.29. The van der Waals surface area contributed by atoms with Gasteiger partial charge in [0.2, 0.25) is 5.91 Å². The topological polar surface area (TPSA) is 66.4 Å². The summed E-state index contributed by atoms with van der Waals surface area (Å²) in [5, 5.41) is 11.6. The number of aliphatic carboxylic acids is 1. The zero-order valence-corrected chi connectivity index (χ0v) is 10.0. The van der Waals surface area contributed by atoms with E-state index in [9.17, 15) is 9.59 Å². The van der Waals surface area contributed by atoms with Crippen molar-refractivity contribution in [3.63, 3.8) is 0 Å². The summed E-state index contributed by atoms with van der Waals surface area (Å²) in [6, 6.07) is -0.738. The van der Waals surface area contributed by atoms with E-state index in [2.05, 4.69) is 5.32 Å². The molecule has 1 aliphatic carbocycles. The molecule has 0 saturated heterocycles. The van der Waals surface area contributed by atoms with E-state index in [1.165, 1.54) is 6.42 Å². The molecule has 0 radical (unpaired) electrons. The fourth-order valence-electron chi connectivity index (χ4n) is 1.87. The van der Waals surface area contributed by atoms with E-state index in [1.807, 2.05) is 13.8 Å². The lowest BCUT2D eigenvalue weighted by Gasteiger charge is -2.26. The molecule has 1 aliphatic rings. The van der Waals surface area contributed by atoms with Crippen LogP contribution >= 0.6 is 0 Å². The van der Waals surface area contributed by atoms with Crippen molar-refractivity contribution >= 4 is 11.9 Å². The first-order valence-electron chi connectivity index (χ1n) is 6.06. The highest BCUT2D eigenvalue weighted by Gasteiger charge is 2.27. The van der Waals surface area contributed by atoms with Crippen LogP contribution in [-0.2, 0) is 9.59 Å². The van der Waals surface area contributed by atoms with Gasteiger partial charge >= 0.3 is 5.97 Å². The minimum atomic E-state index is -0.934. The van der Waals surface area contributed by atoms with Gasteiger partial charge in [-0.2, -0.15) is 0 Å². The molecule has 0 heterocycles. The van der Waals surface area contributed by atoms with Gasteiger partial charge in [0.25, 0.3) is 0 Å². The third-order valence-corrected chi connectivity index (χ3v) is 3.49. The van der Waals surface area contributed by atoms with E-state index in [-0.39, 0.29) is 11.8 Å². The first-order valence-corrected chi connectivity index (χ1v) is 6.06. The predicted molar refractivity (Wildman–Crippen MR) is 61.0 cm³/mol. The zero-order chi connectivity index (χ0) is 12.1. The predicted octanol–water partition coefficient (Wildman–Crippen LogP) is 1.79. The van der Waals surface area contributed by atoms with Crippen LogP contribution in [0.2, 0.25) is 0 Å². The van der Waals surface area contributed by atoms with Crippen LogP contribution in [0, 0.1) is 11.8 Å². The van der Waals surface area contributed by atoms with Gasteiger partial charge in [0.1, 0.15) is 6.04 Å². The number of carboxylic acids is 1. The number of rotatable bonds is 6. The van der Waals surface area contributed by atoms with Crippen LogP contribution in [0.1, 0.15) is 46.0 Å². The van der Waals surface area contributed by atoms with Gasteiger partial charge < -0.3 is 10.4 Å². The molecule has 0 aromatic rings. The Morgan fingerprint density at radius 1 is 1.44 bits per heavy atom. The van der Waals surface area contributed by atoms with Crippen molar-refractivity contribution in [2.75, 3.05) is 0 Å². The fourth-order valence-corrected chi connectivity index (χ4v) is 1.87. The summed E-state index contributed by atoms with van der Waals surface area (Å²) in [7, 11) is 0. The van der Waals surface area contributed by atoms with Gasteiger partial charge in [-0.1, -0.05) is 26.7 Å². The third kappa shape index (κ3) is 3.51. The Hall–Kier alpha value is -1.06. The molecular formula is C12H21NO3. The van der Waals surface area contributed by atoms with Gasteiger partial charge in [-0.15, -0.1) is 0 Å². The number of carboxylic acid groups (broad SMARTS) is 1. The summed E-state index contributed by atoms with van der Waals surface area (Å²) in [4.78, 5) is 22.6. The first kappa shape index (κ1) is 13.0. The van der Waals surface area contributed by atoms with E-state index in [0.717, 1.165) is 19.3 Å². The lowest BCUT2D eigenvalue weighted by Crippen LogP contribution is -2.45. The van der Waals surface area contributed by atoms with Gasteiger partial charge in [0.15, 0.2) is 0 Å². The molecule has 4 nitrogen and oxygen atoms in total. The van der Waals surface area contributed by atoms with Gasteiger partial charge in [-0.05, 0) is 24.7 Å². The Morgan fingerprint density at radius 2 is 2.06 bits per heavy atom. The summed E-state index contributed by atoms with van der Waals surface area (Å²) >= 11 is 0. The Balaban J connectivity index is 2.40. The highest BCUT2D eigenvalue weighted by molar-refractivity contribution is 5.83. The van der Waals surface area contributed by atoms with E-state index >= 15 is 0 Å². The van der Waals surface area contributed by atoms with Gasteiger partial charge in [-0.3, -0.25) is 4.79 Å². The standard InChI is InChI=1S/C12H21NO3/c1-3-8(2)11(12(15)16)13-10(14)7-9-5-4-6-9/h8-9,11H,3-7H2,1-2H3,(H,13,14)(H,15,16). The Kier molecular flexibility index (Phi) is 4.77. The summed E-state index contributed by atoms with van der Waals surface area (Å²) < 4.78 is 0. The zero-order valence-electron chi connectivity index (χ0n) is 10.0. The molecular weight excluding hydrogens is 206 g/mol. The van der Waals surface area contributed by atoms with Crippen molar-refractivity contribution in [3.8, 4) is 0 Å². The maximum Gasteiger partial charge on any atom is 0.326 e. The van der Waals surface area contributed by atoms with Crippen LogP contribution in [0.15, 0.2) is 0 Å². The van der Waals surface area contributed by atoms with Gasteiger partial charge in [0, 0.05) is 6.42 Å². The summed E-state index contributed by atoms with van der Waals surface area (Å²) in [6.45, 7) is 3.78. The average molecular weight is 227 g/mol. The molecule has 4 heteroatoms. The molecule has 0 aromatic heterocycles. The molecule has 1 amide bonds. The van der Waals surface area contributed by atoms with Crippen LogP contribution < -0.4 is 5.32 Å². The van der Waals surface area contributed by atoms with E-state index in [0.29, 0.717) is 12.3 Å². The SMILES string of the molecule is CCC(C)C(NC(=O)CC1CCC1)C(=O)O. The maximum absolute atomic E-state index is 11.6. The molecule has 0 bridgehead atoms. The maximum atomic E-state index is 11.6. The summed E-state index contributed by atoms with van der Waals surface area (Å²) in [5.41, 5.74) is 0. The highest BCUT2D eigenvalue weighted by atomic mass is 16.4. The van der Waals surface area contributed by atoms with E-state index in [1.54, 1.807) is 0 Å². The van der Waals surface area contributed by atoms with Crippen LogP contribution in [-0.4, -0.2) is 23.0 Å². The number of nitrogens with one attached hydrogen (secondary N) is 1. The van der Waals surface area contributed by atoms with E-state index < -0.39 is 12.0 Å². The lowest BCUT2D eigenvalue weighted by molar-refractivity contribution is -0.143. The smallest absolute Gasteiger partial charge is 0.326 e. The Bertz CT molecular complexity index is 261. The van der Waals surface area contributed by atoms with Crippen molar-refractivity contribution < 1.29 is 14.7 Å². The molecule has 1 saturated carbocycles. The number of carbonyl (C=O) groups is 2. The molecule has 92 valence electrons. The fraction of sp³-hybridized carbons (Fsp3) is 0.833. The van der Waals surface area contributed by atoms with Gasteiger partial charge in [0.05, 0.1) is 0 Å². The van der Waals surface area contributed by atoms with Crippen molar-refractivity contribution in [3.05, 3.63) is 0 Å². The molecule has 1 rings (SSSR count). The molecule has 0 spiro atoms. The summed E-state index contributed by atoms with van der Waals surface area (Å²) in [6.07, 6.45) is 4.65. The normalized spacial score (nSPS) is 19.6. The quantitative estimate of drug-likeness (QED) is 0.727. The number of amides is 1.